The maximum absolute atomic E-state index is 11.2. The molecule has 1 N–H and O–H groups in total. The lowest BCUT2D eigenvalue weighted by Crippen LogP contribution is -2.15. The first-order chi connectivity index (χ1) is 6.94. The number of hydrogen-bond acceptors (Lipinski definition) is 3. The van der Waals surface area contributed by atoms with Crippen LogP contribution in [0.1, 0.15) is 0 Å². The number of sulfonamides is 1. The number of nitrogens with zero attached hydrogens (tertiary/aromatic N) is 1. The molecule has 0 aliphatic carbocycles. The minimum absolute atomic E-state index is 0.456. The Bertz CT molecular complexity index is 510. The van der Waals surface area contributed by atoms with Gasteiger partial charge in [-0.2, -0.15) is 5.26 Å². The van der Waals surface area contributed by atoms with Gasteiger partial charge >= 0.3 is 0 Å². The monoisotopic (exact) mass is 400 g/mol. The Morgan fingerprint density at radius 1 is 1.53 bits per heavy atom. The van der Waals surface area contributed by atoms with E-state index in [1.54, 1.807) is 24.3 Å². The first-order valence-electron chi connectivity index (χ1n) is 3.77. The van der Waals surface area contributed by atoms with Gasteiger partial charge in [-0.05, 0) is 56.7 Å². The van der Waals surface area contributed by atoms with Gasteiger partial charge < -0.3 is 0 Å². The van der Waals surface area contributed by atoms with E-state index in [0.29, 0.717) is 5.69 Å². The molecule has 0 spiro atoms. The number of benzene rings is 1. The molecular weight excluding hydrogens is 395 g/mol. The topological polar surface area (TPSA) is 70.0 Å². The van der Waals surface area contributed by atoms with Gasteiger partial charge in [0.05, 0.1) is 6.07 Å². The average molecular weight is 401 g/mol. The molecule has 1 aromatic carbocycles. The highest BCUT2D eigenvalue weighted by Crippen LogP contribution is 2.23. The Hall–Kier alpha value is -0.330. The molecule has 0 saturated carbocycles. The maximum Gasteiger partial charge on any atom is 0.246 e. The molecule has 0 amide bonds. The number of anilines is 1. The predicted octanol–water partition coefficient (Wildman–Crippen LogP) is 2.32. The van der Waals surface area contributed by atoms with Crippen LogP contribution < -0.4 is 4.72 Å². The quantitative estimate of drug-likeness (QED) is 0.791. The first kappa shape index (κ1) is 12.7. The number of nitriles is 1. The highest BCUT2D eigenvalue weighted by Gasteiger charge is 2.09. The Morgan fingerprint density at radius 3 is 2.73 bits per heavy atom. The standard InChI is InChI=1S/C8H6BrIN2O2S/c9-7-2-1-6(5-8(7)10)12-15(13,14)4-3-11/h1-2,5,12H,4H2. The van der Waals surface area contributed by atoms with Crippen molar-refractivity contribution in [1.82, 2.24) is 0 Å². The molecule has 7 heteroatoms. The van der Waals surface area contributed by atoms with Crippen LogP contribution in [0.25, 0.3) is 0 Å². The van der Waals surface area contributed by atoms with Gasteiger partial charge in [-0.1, -0.05) is 0 Å². The predicted molar refractivity (Wildman–Crippen MR) is 69.9 cm³/mol. The molecule has 0 atom stereocenters. The minimum Gasteiger partial charge on any atom is -0.283 e. The summed E-state index contributed by atoms with van der Waals surface area (Å²) in [6.07, 6.45) is 0. The molecule has 0 aliphatic heterocycles. The minimum atomic E-state index is -3.54. The number of rotatable bonds is 3. The smallest absolute Gasteiger partial charge is 0.246 e. The number of halogens is 2. The molecule has 0 aromatic heterocycles. The molecule has 0 bridgehead atoms. The van der Waals surface area contributed by atoms with Crippen molar-refractivity contribution < 1.29 is 8.42 Å². The molecule has 0 saturated heterocycles. The van der Waals surface area contributed by atoms with Crippen LogP contribution >= 0.6 is 38.5 Å². The summed E-state index contributed by atoms with van der Waals surface area (Å²) in [6.45, 7) is 0. The molecule has 4 nitrogen and oxygen atoms in total. The van der Waals surface area contributed by atoms with Gasteiger partial charge in [-0.25, -0.2) is 8.42 Å². The second kappa shape index (κ2) is 5.14. The molecule has 0 aliphatic rings. The third kappa shape index (κ3) is 3.96. The SMILES string of the molecule is N#CCS(=O)(=O)Nc1ccc(Br)c(I)c1. The van der Waals surface area contributed by atoms with Gasteiger partial charge in [0.1, 0.15) is 0 Å². The largest absolute Gasteiger partial charge is 0.283 e. The summed E-state index contributed by atoms with van der Waals surface area (Å²) in [5.74, 6) is -0.542. The summed E-state index contributed by atoms with van der Waals surface area (Å²) in [6, 6.07) is 6.64. The molecule has 1 aromatic rings. The summed E-state index contributed by atoms with van der Waals surface area (Å²) in [5.41, 5.74) is 0.456. The maximum atomic E-state index is 11.2. The van der Waals surface area contributed by atoms with Crippen molar-refractivity contribution in [2.24, 2.45) is 0 Å². The summed E-state index contributed by atoms with van der Waals surface area (Å²) in [5, 5.41) is 8.30. The van der Waals surface area contributed by atoms with E-state index in [4.69, 9.17) is 5.26 Å². The summed E-state index contributed by atoms with van der Waals surface area (Å²) in [7, 11) is -3.54. The van der Waals surface area contributed by atoms with Crippen molar-refractivity contribution >= 4 is 54.2 Å². The molecule has 0 radical (unpaired) electrons. The number of nitrogens with one attached hydrogen (secondary N) is 1. The Morgan fingerprint density at radius 2 is 2.20 bits per heavy atom. The van der Waals surface area contributed by atoms with E-state index >= 15 is 0 Å². The fourth-order valence-corrected chi connectivity index (χ4v) is 2.35. The Kier molecular flexibility index (Phi) is 4.36. The highest BCUT2D eigenvalue weighted by molar-refractivity contribution is 14.1. The van der Waals surface area contributed by atoms with E-state index in [-0.39, 0.29) is 0 Å². The summed E-state index contributed by atoms with van der Waals surface area (Å²) < 4.78 is 26.6. The molecule has 0 fully saturated rings. The van der Waals surface area contributed by atoms with Crippen LogP contribution in [0.15, 0.2) is 22.7 Å². The highest BCUT2D eigenvalue weighted by atomic mass is 127. The lowest BCUT2D eigenvalue weighted by molar-refractivity contribution is 0.604. The molecule has 0 unspecified atom stereocenters. The first-order valence-corrected chi connectivity index (χ1v) is 7.29. The van der Waals surface area contributed by atoms with Crippen molar-refractivity contribution in [3.05, 3.63) is 26.2 Å². The number of hydrogen-bond donors (Lipinski definition) is 1. The molecule has 80 valence electrons. The summed E-state index contributed by atoms with van der Waals surface area (Å²) in [4.78, 5) is 0. The van der Waals surface area contributed by atoms with E-state index in [1.807, 2.05) is 0 Å². The second-order valence-corrected chi connectivity index (χ2v) is 6.39. The Balaban J connectivity index is 2.92. The van der Waals surface area contributed by atoms with E-state index in [1.165, 1.54) is 0 Å². The van der Waals surface area contributed by atoms with E-state index in [9.17, 15) is 8.42 Å². The zero-order valence-corrected chi connectivity index (χ0v) is 11.9. The van der Waals surface area contributed by atoms with Gasteiger partial charge in [0, 0.05) is 13.7 Å². The third-order valence-corrected chi connectivity index (χ3v) is 4.83. The van der Waals surface area contributed by atoms with Gasteiger partial charge in [0.2, 0.25) is 10.0 Å². The van der Waals surface area contributed by atoms with Crippen LogP contribution in [0.5, 0.6) is 0 Å². The summed E-state index contributed by atoms with van der Waals surface area (Å²) >= 11 is 5.38. The van der Waals surface area contributed by atoms with Crippen LogP contribution in [0.4, 0.5) is 5.69 Å². The van der Waals surface area contributed by atoms with E-state index in [2.05, 4.69) is 43.2 Å². The van der Waals surface area contributed by atoms with Gasteiger partial charge in [0.15, 0.2) is 5.75 Å². The zero-order chi connectivity index (χ0) is 11.5. The van der Waals surface area contributed by atoms with Gasteiger partial charge in [0.25, 0.3) is 0 Å². The van der Waals surface area contributed by atoms with Crippen molar-refractivity contribution in [1.29, 1.82) is 5.26 Å². The average Bonchev–Trinajstić information content (AvgIpc) is 2.10. The lowest BCUT2D eigenvalue weighted by atomic mass is 10.3. The van der Waals surface area contributed by atoms with E-state index < -0.39 is 15.8 Å². The molecular formula is C8H6BrIN2O2S. The van der Waals surface area contributed by atoms with Crippen LogP contribution in [0.2, 0.25) is 0 Å². The molecule has 1 rings (SSSR count). The Labute approximate surface area is 110 Å². The van der Waals surface area contributed by atoms with E-state index in [0.717, 1.165) is 8.04 Å². The van der Waals surface area contributed by atoms with Crippen molar-refractivity contribution in [2.45, 2.75) is 0 Å². The molecule has 15 heavy (non-hydrogen) atoms. The van der Waals surface area contributed by atoms with Gasteiger partial charge in [-0.3, -0.25) is 4.72 Å². The van der Waals surface area contributed by atoms with Crippen LogP contribution in [0.3, 0.4) is 0 Å². The second-order valence-electron chi connectivity index (χ2n) is 2.65. The van der Waals surface area contributed by atoms with Crippen molar-refractivity contribution in [3.63, 3.8) is 0 Å². The van der Waals surface area contributed by atoms with Crippen LogP contribution in [0, 0.1) is 14.9 Å². The lowest BCUT2D eigenvalue weighted by Gasteiger charge is -2.05. The van der Waals surface area contributed by atoms with Crippen LogP contribution in [-0.2, 0) is 10.0 Å². The zero-order valence-electron chi connectivity index (χ0n) is 7.37. The fourth-order valence-electron chi connectivity index (χ4n) is 0.860. The normalized spacial score (nSPS) is 10.7. The van der Waals surface area contributed by atoms with Crippen molar-refractivity contribution in [2.75, 3.05) is 10.5 Å². The van der Waals surface area contributed by atoms with Gasteiger partial charge in [-0.15, -0.1) is 0 Å². The van der Waals surface area contributed by atoms with Crippen molar-refractivity contribution in [3.8, 4) is 6.07 Å². The molecule has 0 heterocycles. The van der Waals surface area contributed by atoms with Crippen LogP contribution in [-0.4, -0.2) is 14.2 Å². The third-order valence-electron chi connectivity index (χ3n) is 1.45. The fraction of sp³-hybridized carbons (Fsp3) is 0.125.